The highest BCUT2D eigenvalue weighted by Crippen LogP contribution is 2.08. The maximum absolute atomic E-state index is 11.6. The largest absolute Gasteiger partial charge is 0.360 e. The Morgan fingerprint density at radius 1 is 1.32 bits per heavy atom. The lowest BCUT2D eigenvalue weighted by Crippen LogP contribution is -2.38. The number of nitrogens with zero attached hydrogens (tertiary/aromatic N) is 2. The summed E-state index contributed by atoms with van der Waals surface area (Å²) in [5.74, 6) is 0.116. The Balaban J connectivity index is 2.53. The predicted molar refractivity (Wildman–Crippen MR) is 69.3 cm³/mol. The fourth-order valence-electron chi connectivity index (χ4n) is 1.06. The Bertz CT molecular complexity index is 619. The van der Waals surface area contributed by atoms with Crippen LogP contribution in [0.25, 0.3) is 0 Å². The van der Waals surface area contributed by atoms with Crippen molar-refractivity contribution in [2.24, 2.45) is 0 Å². The molecule has 0 aliphatic carbocycles. The molecule has 0 atom stereocenters. The van der Waals surface area contributed by atoms with Gasteiger partial charge in [0.1, 0.15) is 5.76 Å². The molecule has 0 aliphatic heterocycles. The summed E-state index contributed by atoms with van der Waals surface area (Å²) in [7, 11) is -4.64. The third kappa shape index (κ3) is 5.14. The van der Waals surface area contributed by atoms with Crippen molar-refractivity contribution >= 4 is 26.1 Å². The SMILES string of the molecule is Cc1cc(NS(=O)(=O)CCNS(=O)(=O)N(C)C)no1. The third-order valence-corrected chi connectivity index (χ3v) is 4.82. The summed E-state index contributed by atoms with van der Waals surface area (Å²) in [4.78, 5) is 0. The topological polar surface area (TPSA) is 122 Å². The number of aryl methyl sites for hydroxylation is 1. The smallest absolute Gasteiger partial charge is 0.278 e. The Morgan fingerprint density at radius 2 is 1.95 bits per heavy atom. The molecule has 110 valence electrons. The van der Waals surface area contributed by atoms with E-state index >= 15 is 0 Å². The van der Waals surface area contributed by atoms with Crippen molar-refractivity contribution in [3.63, 3.8) is 0 Å². The molecule has 1 rings (SSSR count). The fraction of sp³-hybridized carbons (Fsp3) is 0.625. The molecule has 0 aliphatic rings. The average molecular weight is 312 g/mol. The number of nitrogens with one attached hydrogen (secondary N) is 2. The van der Waals surface area contributed by atoms with Gasteiger partial charge in [-0.25, -0.2) is 13.1 Å². The molecule has 0 fully saturated rings. The minimum absolute atomic E-state index is 0.0629. The van der Waals surface area contributed by atoms with Crippen LogP contribution < -0.4 is 9.44 Å². The second-order valence-corrected chi connectivity index (χ2v) is 7.74. The monoisotopic (exact) mass is 312 g/mol. The second kappa shape index (κ2) is 5.86. The van der Waals surface area contributed by atoms with Crippen LogP contribution in [0.3, 0.4) is 0 Å². The van der Waals surface area contributed by atoms with Crippen molar-refractivity contribution in [1.82, 2.24) is 14.2 Å². The van der Waals surface area contributed by atoms with Gasteiger partial charge in [-0.3, -0.25) is 4.72 Å². The maximum Gasteiger partial charge on any atom is 0.278 e. The molecule has 9 nitrogen and oxygen atoms in total. The Kier molecular flexibility index (Phi) is 4.90. The van der Waals surface area contributed by atoms with Crippen LogP contribution in [0.15, 0.2) is 10.6 Å². The van der Waals surface area contributed by atoms with E-state index in [1.807, 2.05) is 0 Å². The molecule has 0 saturated heterocycles. The van der Waals surface area contributed by atoms with Gasteiger partial charge in [-0.15, -0.1) is 0 Å². The molecule has 11 heteroatoms. The van der Waals surface area contributed by atoms with Gasteiger partial charge in [0.2, 0.25) is 10.0 Å². The molecule has 0 amide bonds. The molecule has 1 aromatic heterocycles. The summed E-state index contributed by atoms with van der Waals surface area (Å²) >= 11 is 0. The van der Waals surface area contributed by atoms with Crippen LogP contribution in [0, 0.1) is 6.92 Å². The molecule has 0 saturated carbocycles. The van der Waals surface area contributed by atoms with E-state index < -0.39 is 26.0 Å². The summed E-state index contributed by atoms with van der Waals surface area (Å²) in [5, 5.41) is 3.47. The van der Waals surface area contributed by atoms with Gasteiger partial charge in [0.15, 0.2) is 5.82 Å². The van der Waals surface area contributed by atoms with Gasteiger partial charge in [-0.1, -0.05) is 5.16 Å². The summed E-state index contributed by atoms with van der Waals surface area (Å²) in [5.41, 5.74) is 0. The van der Waals surface area contributed by atoms with Crippen molar-refractivity contribution in [2.75, 3.05) is 31.1 Å². The molecule has 0 unspecified atom stereocenters. The number of aromatic nitrogens is 1. The minimum atomic E-state index is -3.69. The van der Waals surface area contributed by atoms with Gasteiger partial charge in [0, 0.05) is 26.7 Å². The van der Waals surface area contributed by atoms with Crippen LogP contribution in [0.5, 0.6) is 0 Å². The second-order valence-electron chi connectivity index (χ2n) is 3.93. The molecule has 0 aromatic carbocycles. The van der Waals surface area contributed by atoms with Gasteiger partial charge in [0.25, 0.3) is 10.2 Å². The molecule has 0 spiro atoms. The summed E-state index contributed by atoms with van der Waals surface area (Å²) in [6.45, 7) is 1.38. The average Bonchev–Trinajstić information content (AvgIpc) is 2.61. The van der Waals surface area contributed by atoms with Crippen LogP contribution in [-0.2, 0) is 20.2 Å². The number of anilines is 1. The first-order valence-corrected chi connectivity index (χ1v) is 8.32. The Hall–Kier alpha value is -1.17. The van der Waals surface area contributed by atoms with Crippen molar-refractivity contribution in [3.05, 3.63) is 11.8 Å². The highest BCUT2D eigenvalue weighted by atomic mass is 32.2. The number of hydrogen-bond donors (Lipinski definition) is 2. The van der Waals surface area contributed by atoms with E-state index in [1.165, 1.54) is 20.2 Å². The highest BCUT2D eigenvalue weighted by Gasteiger charge is 2.16. The summed E-state index contributed by atoms with van der Waals surface area (Å²) < 4.78 is 55.9. The number of rotatable bonds is 7. The van der Waals surface area contributed by atoms with Crippen molar-refractivity contribution < 1.29 is 21.4 Å². The third-order valence-electron chi connectivity index (χ3n) is 2.02. The van der Waals surface area contributed by atoms with Gasteiger partial charge in [-0.05, 0) is 6.92 Å². The van der Waals surface area contributed by atoms with E-state index in [9.17, 15) is 16.8 Å². The van der Waals surface area contributed by atoms with Gasteiger partial charge in [-0.2, -0.15) is 12.7 Å². The van der Waals surface area contributed by atoms with Gasteiger partial charge >= 0.3 is 0 Å². The summed E-state index contributed by atoms with van der Waals surface area (Å²) in [6.07, 6.45) is 0. The van der Waals surface area contributed by atoms with Crippen molar-refractivity contribution in [2.45, 2.75) is 6.92 Å². The van der Waals surface area contributed by atoms with E-state index in [2.05, 4.69) is 14.6 Å². The maximum atomic E-state index is 11.6. The zero-order valence-corrected chi connectivity index (χ0v) is 12.4. The lowest BCUT2D eigenvalue weighted by atomic mass is 10.5. The molecular weight excluding hydrogens is 296 g/mol. The van der Waals surface area contributed by atoms with Crippen molar-refractivity contribution in [1.29, 1.82) is 0 Å². The van der Waals surface area contributed by atoms with Crippen LogP contribution in [0.4, 0.5) is 5.82 Å². The predicted octanol–water partition coefficient (Wildman–Crippen LogP) is -0.879. The quantitative estimate of drug-likeness (QED) is 0.674. The van der Waals surface area contributed by atoms with E-state index in [0.29, 0.717) is 5.76 Å². The first kappa shape index (κ1) is 15.9. The van der Waals surface area contributed by atoms with Crippen LogP contribution in [0.2, 0.25) is 0 Å². The zero-order chi connectivity index (χ0) is 14.7. The van der Waals surface area contributed by atoms with Gasteiger partial charge < -0.3 is 4.52 Å². The Labute approximate surface area is 112 Å². The minimum Gasteiger partial charge on any atom is -0.360 e. The van der Waals surface area contributed by atoms with E-state index in [0.717, 1.165) is 4.31 Å². The normalized spacial score (nSPS) is 12.8. The molecule has 1 heterocycles. The molecule has 2 N–H and O–H groups in total. The zero-order valence-electron chi connectivity index (χ0n) is 10.7. The van der Waals surface area contributed by atoms with Crippen molar-refractivity contribution in [3.8, 4) is 0 Å². The van der Waals surface area contributed by atoms with Gasteiger partial charge in [0.05, 0.1) is 5.75 Å². The van der Waals surface area contributed by atoms with Crippen LogP contribution in [-0.4, -0.2) is 52.7 Å². The molecule has 0 bridgehead atoms. The standard InChI is InChI=1S/C8H16N4O5S2/c1-7-6-8(10-17-7)11-18(13,14)5-4-9-19(15,16)12(2)3/h6,9H,4-5H2,1-3H3,(H,10,11). The first-order chi connectivity index (χ1) is 8.62. The van der Waals surface area contributed by atoms with Crippen LogP contribution >= 0.6 is 0 Å². The molecule has 19 heavy (non-hydrogen) atoms. The highest BCUT2D eigenvalue weighted by molar-refractivity contribution is 7.92. The fourth-order valence-corrected chi connectivity index (χ4v) is 2.69. The molecule has 0 radical (unpaired) electrons. The van der Waals surface area contributed by atoms with E-state index in [4.69, 9.17) is 4.52 Å². The number of sulfonamides is 1. The first-order valence-electron chi connectivity index (χ1n) is 5.23. The number of hydrogen-bond acceptors (Lipinski definition) is 6. The van der Waals surface area contributed by atoms with E-state index in [1.54, 1.807) is 6.92 Å². The summed E-state index contributed by atoms with van der Waals surface area (Å²) in [6, 6.07) is 1.42. The lowest BCUT2D eigenvalue weighted by molar-refractivity contribution is 0.400. The Morgan fingerprint density at radius 3 is 2.42 bits per heavy atom. The molecular formula is C8H16N4O5S2. The lowest BCUT2D eigenvalue weighted by Gasteiger charge is -2.12. The molecule has 1 aromatic rings. The van der Waals surface area contributed by atoms with E-state index in [-0.39, 0.29) is 12.4 Å². The van der Waals surface area contributed by atoms with Crippen LogP contribution in [0.1, 0.15) is 5.76 Å².